The van der Waals surface area contributed by atoms with Crippen LogP contribution >= 0.6 is 11.6 Å². The molecule has 4 heterocycles. The Labute approximate surface area is 122 Å². The normalized spacial score (nSPS) is 28.9. The molecular formula is C14H18ClN3O2. The number of aromatic nitrogens is 1. The van der Waals surface area contributed by atoms with E-state index in [1.54, 1.807) is 0 Å². The Morgan fingerprint density at radius 2 is 2.15 bits per heavy atom. The zero-order chi connectivity index (χ0) is 14.1. The number of fused-ring (bicyclic) bond motifs is 4. The molecular weight excluding hydrogens is 278 g/mol. The average molecular weight is 296 g/mol. The molecule has 0 saturated carbocycles. The molecule has 5 nitrogen and oxygen atoms in total. The van der Waals surface area contributed by atoms with Crippen molar-refractivity contribution < 1.29 is 9.90 Å². The van der Waals surface area contributed by atoms with Crippen molar-refractivity contribution in [1.29, 1.82) is 0 Å². The minimum atomic E-state index is -0.223. The maximum absolute atomic E-state index is 12.2. The molecule has 2 bridgehead atoms. The fourth-order valence-corrected chi connectivity index (χ4v) is 3.26. The number of aromatic hydroxyl groups is 1. The number of amides is 1. The van der Waals surface area contributed by atoms with Gasteiger partial charge in [0.25, 0.3) is 5.91 Å². The van der Waals surface area contributed by atoms with Gasteiger partial charge in [-0.25, -0.2) is 4.98 Å². The second-order valence-electron chi connectivity index (χ2n) is 5.66. The first-order valence-corrected chi connectivity index (χ1v) is 7.38. The van der Waals surface area contributed by atoms with E-state index in [4.69, 9.17) is 11.6 Å². The molecule has 20 heavy (non-hydrogen) atoms. The van der Waals surface area contributed by atoms with E-state index in [9.17, 15) is 9.90 Å². The van der Waals surface area contributed by atoms with Gasteiger partial charge in [-0.1, -0.05) is 11.6 Å². The third-order valence-electron chi connectivity index (χ3n) is 4.20. The van der Waals surface area contributed by atoms with E-state index in [1.165, 1.54) is 25.0 Å². The molecule has 1 aromatic rings. The highest BCUT2D eigenvalue weighted by Gasteiger charge is 2.30. The number of rotatable bonds is 2. The Bertz CT molecular complexity index is 501. The largest absolute Gasteiger partial charge is 0.505 e. The SMILES string of the molecule is O=C(NC1CC2CCN(CC2)C1)c1ccc(O)c(Cl)n1. The highest BCUT2D eigenvalue weighted by molar-refractivity contribution is 6.30. The van der Waals surface area contributed by atoms with Crippen LogP contribution in [0.1, 0.15) is 29.8 Å². The van der Waals surface area contributed by atoms with Crippen LogP contribution < -0.4 is 5.32 Å². The number of nitrogens with zero attached hydrogens (tertiary/aromatic N) is 2. The van der Waals surface area contributed by atoms with Crippen molar-refractivity contribution in [1.82, 2.24) is 15.2 Å². The highest BCUT2D eigenvalue weighted by atomic mass is 35.5. The molecule has 2 N–H and O–H groups in total. The summed E-state index contributed by atoms with van der Waals surface area (Å²) in [5, 5.41) is 12.3. The van der Waals surface area contributed by atoms with Crippen LogP contribution in [0.5, 0.6) is 5.75 Å². The minimum Gasteiger partial charge on any atom is -0.505 e. The summed E-state index contributed by atoms with van der Waals surface area (Å²) in [6.45, 7) is 3.19. The van der Waals surface area contributed by atoms with Crippen LogP contribution in [0.25, 0.3) is 0 Å². The predicted molar refractivity (Wildman–Crippen MR) is 75.9 cm³/mol. The zero-order valence-corrected chi connectivity index (χ0v) is 11.9. The van der Waals surface area contributed by atoms with Crippen LogP contribution in [0.4, 0.5) is 0 Å². The highest BCUT2D eigenvalue weighted by Crippen LogP contribution is 2.27. The Kier molecular flexibility index (Phi) is 3.81. The quantitative estimate of drug-likeness (QED) is 0.814. The van der Waals surface area contributed by atoms with Crippen LogP contribution in [0.15, 0.2) is 12.1 Å². The number of carbonyl (C=O) groups excluding carboxylic acids is 1. The first-order valence-electron chi connectivity index (χ1n) is 7.00. The van der Waals surface area contributed by atoms with Gasteiger partial charge in [0.15, 0.2) is 10.9 Å². The second kappa shape index (κ2) is 5.58. The molecule has 3 fully saturated rings. The molecule has 3 saturated heterocycles. The molecule has 0 aromatic carbocycles. The van der Waals surface area contributed by atoms with Crippen LogP contribution in [-0.4, -0.2) is 46.6 Å². The molecule has 108 valence electrons. The molecule has 3 aliphatic rings. The lowest BCUT2D eigenvalue weighted by atomic mass is 9.94. The first kappa shape index (κ1) is 13.6. The van der Waals surface area contributed by atoms with E-state index in [-0.39, 0.29) is 28.5 Å². The van der Waals surface area contributed by atoms with Gasteiger partial charge in [-0.15, -0.1) is 0 Å². The third kappa shape index (κ3) is 2.88. The number of nitrogens with one attached hydrogen (secondary N) is 1. The Hall–Kier alpha value is -1.33. The monoisotopic (exact) mass is 295 g/mol. The van der Waals surface area contributed by atoms with Crippen molar-refractivity contribution in [2.75, 3.05) is 19.6 Å². The lowest BCUT2D eigenvalue weighted by Gasteiger charge is -2.26. The molecule has 1 amide bonds. The minimum absolute atomic E-state index is 0.0395. The third-order valence-corrected chi connectivity index (χ3v) is 4.48. The summed E-state index contributed by atoms with van der Waals surface area (Å²) in [7, 11) is 0. The van der Waals surface area contributed by atoms with Gasteiger partial charge in [-0.2, -0.15) is 0 Å². The topological polar surface area (TPSA) is 65.5 Å². The lowest BCUT2D eigenvalue weighted by molar-refractivity contribution is 0.0923. The Morgan fingerprint density at radius 3 is 2.85 bits per heavy atom. The molecule has 4 rings (SSSR count). The predicted octanol–water partition coefficient (Wildman–Crippen LogP) is 1.65. The van der Waals surface area contributed by atoms with Crippen molar-refractivity contribution >= 4 is 17.5 Å². The van der Waals surface area contributed by atoms with Gasteiger partial charge in [0.2, 0.25) is 0 Å². The summed E-state index contributed by atoms with van der Waals surface area (Å²) < 4.78 is 0. The Morgan fingerprint density at radius 1 is 1.40 bits per heavy atom. The summed E-state index contributed by atoms with van der Waals surface area (Å²) >= 11 is 5.73. The molecule has 0 spiro atoms. The molecule has 1 atom stereocenters. The second-order valence-corrected chi connectivity index (χ2v) is 6.01. The van der Waals surface area contributed by atoms with Crippen LogP contribution in [-0.2, 0) is 0 Å². The summed E-state index contributed by atoms with van der Waals surface area (Å²) in [5.74, 6) is 0.386. The molecule has 1 unspecified atom stereocenters. The van der Waals surface area contributed by atoms with Gasteiger partial charge in [-0.05, 0) is 50.4 Å². The summed E-state index contributed by atoms with van der Waals surface area (Å²) in [6.07, 6.45) is 3.50. The van der Waals surface area contributed by atoms with Crippen molar-refractivity contribution in [2.24, 2.45) is 5.92 Å². The number of carbonyl (C=O) groups is 1. The maximum atomic E-state index is 12.2. The number of pyridine rings is 1. The van der Waals surface area contributed by atoms with Gasteiger partial charge < -0.3 is 15.3 Å². The van der Waals surface area contributed by atoms with Gasteiger partial charge in [-0.3, -0.25) is 4.79 Å². The summed E-state index contributed by atoms with van der Waals surface area (Å²) in [4.78, 5) is 18.5. The van der Waals surface area contributed by atoms with Crippen LogP contribution in [0, 0.1) is 5.92 Å². The van der Waals surface area contributed by atoms with Crippen molar-refractivity contribution in [3.63, 3.8) is 0 Å². The lowest BCUT2D eigenvalue weighted by Crippen LogP contribution is -2.42. The molecule has 0 radical (unpaired) electrons. The van der Waals surface area contributed by atoms with Crippen molar-refractivity contribution in [2.45, 2.75) is 25.3 Å². The van der Waals surface area contributed by atoms with E-state index in [0.717, 1.165) is 32.0 Å². The van der Waals surface area contributed by atoms with E-state index < -0.39 is 0 Å². The standard InChI is InChI=1S/C14H18ClN3O2/c15-13-12(19)2-1-11(17-13)14(20)16-10-7-9-3-5-18(8-10)6-4-9/h1-2,9-10,19H,3-8H2,(H,16,20). The Balaban J connectivity index is 1.67. The molecule has 3 aliphatic heterocycles. The van der Waals surface area contributed by atoms with Gasteiger partial charge >= 0.3 is 0 Å². The van der Waals surface area contributed by atoms with Crippen LogP contribution in [0.3, 0.4) is 0 Å². The first-order chi connectivity index (χ1) is 9.61. The zero-order valence-electron chi connectivity index (χ0n) is 11.2. The van der Waals surface area contributed by atoms with Gasteiger partial charge in [0.1, 0.15) is 5.69 Å². The van der Waals surface area contributed by atoms with E-state index in [1.807, 2.05) is 0 Å². The number of piperidine rings is 1. The fourth-order valence-electron chi connectivity index (χ4n) is 3.11. The van der Waals surface area contributed by atoms with Crippen molar-refractivity contribution in [3.05, 3.63) is 23.0 Å². The van der Waals surface area contributed by atoms with E-state index >= 15 is 0 Å². The maximum Gasteiger partial charge on any atom is 0.270 e. The molecule has 0 aliphatic carbocycles. The van der Waals surface area contributed by atoms with Gasteiger partial charge in [0, 0.05) is 12.6 Å². The van der Waals surface area contributed by atoms with Crippen LogP contribution in [0.2, 0.25) is 5.15 Å². The summed E-state index contributed by atoms with van der Waals surface area (Å²) in [5.41, 5.74) is 0.249. The van der Waals surface area contributed by atoms with E-state index in [0.29, 0.717) is 0 Å². The fraction of sp³-hybridized carbons (Fsp3) is 0.571. The average Bonchev–Trinajstić information content (AvgIpc) is 2.74. The number of hydrogen-bond donors (Lipinski definition) is 2. The number of halogens is 1. The van der Waals surface area contributed by atoms with Gasteiger partial charge in [0.05, 0.1) is 0 Å². The van der Waals surface area contributed by atoms with E-state index in [2.05, 4.69) is 15.2 Å². The van der Waals surface area contributed by atoms with Crippen molar-refractivity contribution in [3.8, 4) is 5.75 Å². The number of hydrogen-bond acceptors (Lipinski definition) is 4. The molecule has 6 heteroatoms. The smallest absolute Gasteiger partial charge is 0.270 e. The molecule has 1 aromatic heterocycles. The summed E-state index contributed by atoms with van der Waals surface area (Å²) in [6, 6.07) is 3.05.